The van der Waals surface area contributed by atoms with Gasteiger partial charge in [0.1, 0.15) is 0 Å². The van der Waals surface area contributed by atoms with Crippen LogP contribution in [0.2, 0.25) is 0 Å². The van der Waals surface area contributed by atoms with Gasteiger partial charge in [-0.2, -0.15) is 0 Å². The summed E-state index contributed by atoms with van der Waals surface area (Å²) in [6.45, 7) is 3.38. The van der Waals surface area contributed by atoms with Crippen LogP contribution in [-0.2, 0) is 17.7 Å². The molecule has 1 aromatic rings. The molecule has 2 heterocycles. The monoisotopic (exact) mass is 180 g/mol. The minimum atomic E-state index is 0.0161. The Morgan fingerprint density at radius 3 is 3.08 bits per heavy atom. The van der Waals surface area contributed by atoms with Gasteiger partial charge in [-0.3, -0.25) is 9.36 Å². The summed E-state index contributed by atoms with van der Waals surface area (Å²) in [4.78, 5) is 15.6. The fourth-order valence-corrected chi connectivity index (χ4v) is 1.19. The molecule has 1 aliphatic rings. The highest BCUT2D eigenvalue weighted by molar-refractivity contribution is 4.99. The van der Waals surface area contributed by atoms with Crippen molar-refractivity contribution in [2.75, 3.05) is 6.61 Å². The highest BCUT2D eigenvalue weighted by atomic mass is 16.6. The third-order valence-corrected chi connectivity index (χ3v) is 2.10. The van der Waals surface area contributed by atoms with Crippen molar-refractivity contribution >= 4 is 0 Å². The second-order valence-corrected chi connectivity index (χ2v) is 3.18. The Kier molecular flexibility index (Phi) is 2.14. The van der Waals surface area contributed by atoms with Crippen LogP contribution in [0.4, 0.5) is 0 Å². The van der Waals surface area contributed by atoms with Gasteiger partial charge in [-0.1, -0.05) is 6.92 Å². The van der Waals surface area contributed by atoms with E-state index in [0.29, 0.717) is 6.54 Å². The average molecular weight is 180 g/mol. The lowest BCUT2D eigenvalue weighted by Gasteiger charge is -2.02. The molecule has 0 radical (unpaired) electrons. The quantitative estimate of drug-likeness (QED) is 0.624. The van der Waals surface area contributed by atoms with Crippen molar-refractivity contribution in [3.8, 4) is 0 Å². The van der Waals surface area contributed by atoms with Crippen LogP contribution in [0.3, 0.4) is 0 Å². The van der Waals surface area contributed by atoms with Crippen LogP contribution in [0.15, 0.2) is 17.2 Å². The van der Waals surface area contributed by atoms with Gasteiger partial charge in [-0.15, -0.1) is 0 Å². The van der Waals surface area contributed by atoms with E-state index in [9.17, 15) is 4.79 Å². The van der Waals surface area contributed by atoms with Crippen molar-refractivity contribution in [2.24, 2.45) is 0 Å². The van der Waals surface area contributed by atoms with Crippen molar-refractivity contribution < 1.29 is 4.74 Å². The first-order valence-electron chi connectivity index (χ1n) is 4.46. The summed E-state index contributed by atoms with van der Waals surface area (Å²) in [7, 11) is 0. The van der Waals surface area contributed by atoms with Gasteiger partial charge < -0.3 is 4.74 Å². The van der Waals surface area contributed by atoms with Gasteiger partial charge in [0.05, 0.1) is 25.6 Å². The first-order chi connectivity index (χ1) is 6.29. The fourth-order valence-electron chi connectivity index (χ4n) is 1.19. The Balaban J connectivity index is 2.20. The van der Waals surface area contributed by atoms with Crippen LogP contribution < -0.4 is 5.56 Å². The molecule has 70 valence electrons. The molecule has 4 heteroatoms. The highest BCUT2D eigenvalue weighted by Gasteiger charge is 2.23. The van der Waals surface area contributed by atoms with Crippen molar-refractivity contribution in [1.29, 1.82) is 0 Å². The van der Waals surface area contributed by atoms with Crippen molar-refractivity contribution in [1.82, 2.24) is 9.55 Å². The molecule has 1 aliphatic heterocycles. The molecule has 1 unspecified atom stereocenters. The molecule has 0 saturated carbocycles. The topological polar surface area (TPSA) is 47.4 Å². The number of hydrogen-bond acceptors (Lipinski definition) is 3. The molecule has 2 rings (SSSR count). The van der Waals surface area contributed by atoms with Gasteiger partial charge in [-0.05, 0) is 6.42 Å². The van der Waals surface area contributed by atoms with E-state index in [1.165, 1.54) is 0 Å². The summed E-state index contributed by atoms with van der Waals surface area (Å²) in [6.07, 6.45) is 2.63. The zero-order valence-electron chi connectivity index (χ0n) is 7.56. The fraction of sp³-hybridized carbons (Fsp3) is 0.556. The molecule has 0 spiro atoms. The Labute approximate surface area is 76.2 Å². The minimum Gasteiger partial charge on any atom is -0.371 e. The summed E-state index contributed by atoms with van der Waals surface area (Å²) in [5.41, 5.74) is 0.861. The van der Waals surface area contributed by atoms with Gasteiger partial charge in [-0.25, -0.2) is 4.98 Å². The normalized spacial score (nSPS) is 20.2. The molecule has 0 bridgehead atoms. The van der Waals surface area contributed by atoms with Crippen LogP contribution in [0.5, 0.6) is 0 Å². The van der Waals surface area contributed by atoms with Crippen LogP contribution >= 0.6 is 0 Å². The van der Waals surface area contributed by atoms with Crippen LogP contribution in [0, 0.1) is 0 Å². The maximum atomic E-state index is 11.4. The molecule has 0 aromatic carbocycles. The number of hydrogen-bond donors (Lipinski definition) is 0. The molecule has 1 saturated heterocycles. The van der Waals surface area contributed by atoms with Crippen molar-refractivity contribution in [3.05, 3.63) is 28.4 Å². The molecule has 13 heavy (non-hydrogen) atoms. The van der Waals surface area contributed by atoms with Crippen LogP contribution in [-0.4, -0.2) is 22.3 Å². The summed E-state index contributed by atoms with van der Waals surface area (Å²) in [5.74, 6) is 0. The maximum Gasteiger partial charge on any atom is 0.253 e. The predicted molar refractivity (Wildman–Crippen MR) is 47.6 cm³/mol. The summed E-state index contributed by atoms with van der Waals surface area (Å²) in [5, 5.41) is 0. The van der Waals surface area contributed by atoms with E-state index in [1.54, 1.807) is 17.0 Å². The van der Waals surface area contributed by atoms with Crippen molar-refractivity contribution in [2.45, 2.75) is 26.0 Å². The van der Waals surface area contributed by atoms with Crippen LogP contribution in [0.1, 0.15) is 12.6 Å². The summed E-state index contributed by atoms with van der Waals surface area (Å²) >= 11 is 0. The average Bonchev–Trinajstić information content (AvgIpc) is 2.92. The van der Waals surface area contributed by atoms with E-state index < -0.39 is 0 Å². The number of aryl methyl sites for hydroxylation is 1. The first kappa shape index (κ1) is 8.44. The molecule has 1 fully saturated rings. The minimum absolute atomic E-state index is 0.0161. The maximum absolute atomic E-state index is 11.4. The second-order valence-electron chi connectivity index (χ2n) is 3.18. The van der Waals surface area contributed by atoms with E-state index in [4.69, 9.17) is 4.74 Å². The number of rotatable bonds is 3. The zero-order valence-corrected chi connectivity index (χ0v) is 7.56. The Bertz CT molecular complexity index is 355. The lowest BCUT2D eigenvalue weighted by atomic mass is 10.3. The molecule has 0 aliphatic carbocycles. The van der Waals surface area contributed by atoms with E-state index in [1.807, 2.05) is 6.92 Å². The molecular weight excluding hydrogens is 168 g/mol. The Morgan fingerprint density at radius 2 is 2.54 bits per heavy atom. The van der Waals surface area contributed by atoms with E-state index >= 15 is 0 Å². The smallest absolute Gasteiger partial charge is 0.253 e. The van der Waals surface area contributed by atoms with Gasteiger partial charge in [0.2, 0.25) is 0 Å². The van der Waals surface area contributed by atoms with E-state index in [0.717, 1.165) is 18.7 Å². The number of epoxide rings is 1. The molecule has 1 aromatic heterocycles. The van der Waals surface area contributed by atoms with Gasteiger partial charge in [0.25, 0.3) is 5.56 Å². The summed E-state index contributed by atoms with van der Waals surface area (Å²) < 4.78 is 6.63. The predicted octanol–water partition coefficient (Wildman–Crippen LogP) is 0.205. The molecule has 0 N–H and O–H groups in total. The van der Waals surface area contributed by atoms with Crippen molar-refractivity contribution in [3.63, 3.8) is 0 Å². The lowest BCUT2D eigenvalue weighted by Crippen LogP contribution is -2.22. The zero-order chi connectivity index (χ0) is 9.26. The molecular formula is C9H12N2O2. The Morgan fingerprint density at radius 1 is 1.77 bits per heavy atom. The lowest BCUT2D eigenvalue weighted by molar-refractivity contribution is 0.379. The molecule has 1 atom stereocenters. The second kappa shape index (κ2) is 3.30. The van der Waals surface area contributed by atoms with Gasteiger partial charge in [0.15, 0.2) is 0 Å². The number of nitrogens with zero attached hydrogens (tertiary/aromatic N) is 2. The highest BCUT2D eigenvalue weighted by Crippen LogP contribution is 2.09. The summed E-state index contributed by atoms with van der Waals surface area (Å²) in [6, 6.07) is 1.59. The third-order valence-electron chi connectivity index (χ3n) is 2.10. The third kappa shape index (κ3) is 1.95. The first-order valence-corrected chi connectivity index (χ1v) is 4.46. The van der Waals surface area contributed by atoms with Gasteiger partial charge in [0, 0.05) is 11.8 Å². The number of ether oxygens (including phenoxy) is 1. The molecule has 4 nitrogen and oxygen atoms in total. The largest absolute Gasteiger partial charge is 0.371 e. The van der Waals surface area contributed by atoms with E-state index in [-0.39, 0.29) is 11.7 Å². The SMILES string of the molecule is CCc1cc(=O)n(CC2CO2)cn1. The van der Waals surface area contributed by atoms with E-state index in [2.05, 4.69) is 4.98 Å². The molecule has 0 amide bonds. The van der Waals surface area contributed by atoms with Gasteiger partial charge >= 0.3 is 0 Å². The number of aromatic nitrogens is 2. The van der Waals surface area contributed by atoms with Crippen LogP contribution in [0.25, 0.3) is 0 Å². The standard InChI is InChI=1S/C9H12N2O2/c1-2-7-3-9(12)11(6-10-7)4-8-5-13-8/h3,6,8H,2,4-5H2,1H3. The Hall–Kier alpha value is -1.16.